The Morgan fingerprint density at radius 2 is 2.15 bits per heavy atom. The molecule has 1 heterocycles. The third-order valence-electron chi connectivity index (χ3n) is 3.44. The van der Waals surface area contributed by atoms with Crippen molar-refractivity contribution in [2.24, 2.45) is 0 Å². The first kappa shape index (κ1) is 19.0. The number of nitrogens with one attached hydrogen (secondary N) is 1. The van der Waals surface area contributed by atoms with Gasteiger partial charge in [0.2, 0.25) is 5.91 Å². The maximum atomic E-state index is 12.5. The summed E-state index contributed by atoms with van der Waals surface area (Å²) in [5, 5.41) is 6.86. The van der Waals surface area contributed by atoms with Gasteiger partial charge in [0.05, 0.1) is 30.3 Å². The molecule has 1 N–H and O–H groups in total. The first-order chi connectivity index (χ1) is 12.6. The molecular weight excluding hydrogens is 332 g/mol. The number of methoxy groups -OCH3 is 1. The molecule has 1 aromatic carbocycles. The van der Waals surface area contributed by atoms with Gasteiger partial charge < -0.3 is 15.0 Å². The highest BCUT2D eigenvalue weighted by molar-refractivity contribution is 5.94. The highest BCUT2D eigenvalue weighted by Crippen LogP contribution is 2.14. The number of benzene rings is 1. The summed E-state index contributed by atoms with van der Waals surface area (Å²) in [5.74, 6) is 2.04. The van der Waals surface area contributed by atoms with E-state index in [4.69, 9.17) is 11.2 Å². The minimum Gasteiger partial charge on any atom is -0.375 e. The van der Waals surface area contributed by atoms with Gasteiger partial charge in [0.15, 0.2) is 0 Å². The van der Waals surface area contributed by atoms with Gasteiger partial charge in [0.25, 0.3) is 5.91 Å². The number of hydrogen-bond acceptors (Lipinski definition) is 4. The van der Waals surface area contributed by atoms with Crippen LogP contribution in [-0.4, -0.2) is 53.3 Å². The van der Waals surface area contributed by atoms with E-state index in [1.165, 1.54) is 18.2 Å². The van der Waals surface area contributed by atoms with Crippen LogP contribution in [0.1, 0.15) is 10.4 Å². The normalized spacial score (nSPS) is 10.0. The number of nitrogens with zero attached hydrogens (tertiary/aromatic N) is 3. The second-order valence-corrected chi connectivity index (χ2v) is 5.38. The van der Waals surface area contributed by atoms with Gasteiger partial charge in [-0.1, -0.05) is 12.0 Å². The fraction of sp³-hybridized carbons (Fsp3) is 0.211. The number of hydrogen-bond donors (Lipinski definition) is 1. The number of terminal acetylenes is 1. The lowest BCUT2D eigenvalue weighted by molar-refractivity contribution is -0.119. The van der Waals surface area contributed by atoms with Crippen molar-refractivity contribution in [2.45, 2.75) is 0 Å². The molecule has 2 amide bonds. The summed E-state index contributed by atoms with van der Waals surface area (Å²) in [6.45, 7) is 4.21. The van der Waals surface area contributed by atoms with Crippen molar-refractivity contribution in [3.05, 3.63) is 54.9 Å². The largest absolute Gasteiger partial charge is 0.375 e. The summed E-state index contributed by atoms with van der Waals surface area (Å²) in [6, 6.07) is 6.94. The van der Waals surface area contributed by atoms with Gasteiger partial charge in [-0.15, -0.1) is 13.0 Å². The van der Waals surface area contributed by atoms with E-state index in [0.29, 0.717) is 17.8 Å². The quantitative estimate of drug-likeness (QED) is 0.580. The van der Waals surface area contributed by atoms with Gasteiger partial charge in [0.1, 0.15) is 6.61 Å². The average Bonchev–Trinajstić information content (AvgIpc) is 3.09. The Morgan fingerprint density at radius 3 is 2.77 bits per heavy atom. The minimum absolute atomic E-state index is 0.0269. The van der Waals surface area contributed by atoms with E-state index >= 15 is 0 Å². The minimum atomic E-state index is -0.260. The van der Waals surface area contributed by atoms with Gasteiger partial charge in [-0.25, -0.2) is 4.68 Å². The number of anilines is 1. The Bertz CT molecular complexity index is 818. The summed E-state index contributed by atoms with van der Waals surface area (Å²) in [4.78, 5) is 25.5. The number of rotatable bonds is 8. The maximum Gasteiger partial charge on any atom is 0.254 e. The molecule has 7 nitrogen and oxygen atoms in total. The van der Waals surface area contributed by atoms with Crippen LogP contribution in [0.5, 0.6) is 0 Å². The van der Waals surface area contributed by atoms with Crippen LogP contribution in [0.2, 0.25) is 0 Å². The molecule has 0 radical (unpaired) electrons. The van der Waals surface area contributed by atoms with Gasteiger partial charge in [-0.3, -0.25) is 9.59 Å². The second-order valence-electron chi connectivity index (χ2n) is 5.38. The molecule has 0 aliphatic rings. The van der Waals surface area contributed by atoms with Crippen LogP contribution < -0.4 is 5.32 Å². The molecule has 2 aromatic rings. The molecule has 0 bridgehead atoms. The van der Waals surface area contributed by atoms with Crippen LogP contribution in [0.3, 0.4) is 0 Å². The van der Waals surface area contributed by atoms with E-state index < -0.39 is 0 Å². The van der Waals surface area contributed by atoms with Crippen LogP contribution in [0.4, 0.5) is 5.69 Å². The van der Waals surface area contributed by atoms with Gasteiger partial charge in [-0.2, -0.15) is 5.10 Å². The lowest BCUT2D eigenvalue weighted by Gasteiger charge is -2.18. The zero-order chi connectivity index (χ0) is 18.9. The number of amides is 2. The Hall–Kier alpha value is -3.37. The summed E-state index contributed by atoms with van der Waals surface area (Å²) in [7, 11) is 1.45. The van der Waals surface area contributed by atoms with Crippen molar-refractivity contribution in [1.82, 2.24) is 14.7 Å². The molecular formula is C19H20N4O3. The lowest BCUT2D eigenvalue weighted by atomic mass is 10.1. The molecule has 0 fully saturated rings. The summed E-state index contributed by atoms with van der Waals surface area (Å²) >= 11 is 0. The molecule has 26 heavy (non-hydrogen) atoms. The molecule has 0 unspecified atom stereocenters. The first-order valence-corrected chi connectivity index (χ1v) is 7.86. The molecule has 0 aliphatic carbocycles. The van der Waals surface area contributed by atoms with Crippen LogP contribution in [0.15, 0.2) is 49.3 Å². The third-order valence-corrected chi connectivity index (χ3v) is 3.44. The van der Waals surface area contributed by atoms with Crippen molar-refractivity contribution in [3.63, 3.8) is 0 Å². The van der Waals surface area contributed by atoms with Crippen molar-refractivity contribution in [2.75, 3.05) is 32.1 Å². The Labute approximate surface area is 152 Å². The number of aromatic nitrogens is 2. The summed E-state index contributed by atoms with van der Waals surface area (Å²) in [6.07, 6.45) is 10.1. The summed E-state index contributed by atoms with van der Waals surface area (Å²) < 4.78 is 6.36. The van der Waals surface area contributed by atoms with Crippen molar-refractivity contribution in [1.29, 1.82) is 0 Å². The monoisotopic (exact) mass is 352 g/mol. The van der Waals surface area contributed by atoms with E-state index in [2.05, 4.69) is 22.9 Å². The first-order valence-electron chi connectivity index (χ1n) is 7.86. The van der Waals surface area contributed by atoms with Crippen molar-refractivity contribution < 1.29 is 14.3 Å². The molecule has 7 heteroatoms. The Kier molecular flexibility index (Phi) is 6.71. The molecule has 0 saturated carbocycles. The number of carbonyl (C=O) groups excluding carboxylic acids is 2. The summed E-state index contributed by atoms with van der Waals surface area (Å²) in [5.41, 5.74) is 1.83. The fourth-order valence-corrected chi connectivity index (χ4v) is 2.28. The van der Waals surface area contributed by atoms with E-state index in [9.17, 15) is 9.59 Å². The van der Waals surface area contributed by atoms with Gasteiger partial charge >= 0.3 is 0 Å². The zero-order valence-electron chi connectivity index (χ0n) is 14.5. The molecule has 2 rings (SSSR count). The van der Waals surface area contributed by atoms with E-state index in [1.807, 2.05) is 0 Å². The molecule has 0 atom stereocenters. The van der Waals surface area contributed by atoms with Crippen LogP contribution in [0, 0.1) is 12.3 Å². The smallest absolute Gasteiger partial charge is 0.254 e. The molecule has 1 aromatic heterocycles. The lowest BCUT2D eigenvalue weighted by Crippen LogP contribution is -2.31. The predicted octanol–water partition coefficient (Wildman–Crippen LogP) is 1.72. The molecule has 0 saturated heterocycles. The van der Waals surface area contributed by atoms with Gasteiger partial charge in [0, 0.05) is 19.2 Å². The van der Waals surface area contributed by atoms with E-state index in [1.54, 1.807) is 41.2 Å². The van der Waals surface area contributed by atoms with Crippen LogP contribution in [0.25, 0.3) is 5.69 Å². The second kappa shape index (κ2) is 9.20. The van der Waals surface area contributed by atoms with Gasteiger partial charge in [-0.05, 0) is 24.3 Å². The number of carbonyl (C=O) groups is 2. The Balaban J connectivity index is 2.11. The van der Waals surface area contributed by atoms with Crippen LogP contribution >= 0.6 is 0 Å². The SMILES string of the molecule is C#CCN(CC=C)C(=O)c1ccc(-n2cc(NC(=O)COC)cn2)cc1. The highest BCUT2D eigenvalue weighted by atomic mass is 16.5. The number of ether oxygens (including phenoxy) is 1. The highest BCUT2D eigenvalue weighted by Gasteiger charge is 2.14. The standard InChI is InChI=1S/C19H20N4O3/c1-4-10-22(11-5-2)19(25)15-6-8-17(9-7-15)23-13-16(12-20-23)21-18(24)14-26-3/h1,5-9,12-13H,2,10-11,14H2,3H3,(H,21,24). The molecule has 0 spiro atoms. The fourth-order valence-electron chi connectivity index (χ4n) is 2.28. The van der Waals surface area contributed by atoms with Crippen molar-refractivity contribution >= 4 is 17.5 Å². The Morgan fingerprint density at radius 1 is 1.42 bits per heavy atom. The topological polar surface area (TPSA) is 76.5 Å². The maximum absolute atomic E-state index is 12.5. The molecule has 0 aliphatic heterocycles. The average molecular weight is 352 g/mol. The third kappa shape index (κ3) is 4.82. The van der Waals surface area contributed by atoms with E-state index in [0.717, 1.165) is 5.69 Å². The predicted molar refractivity (Wildman–Crippen MR) is 99.0 cm³/mol. The van der Waals surface area contributed by atoms with E-state index in [-0.39, 0.29) is 25.0 Å². The van der Waals surface area contributed by atoms with Crippen molar-refractivity contribution in [3.8, 4) is 18.0 Å². The zero-order valence-corrected chi connectivity index (χ0v) is 14.5. The molecule has 134 valence electrons. The van der Waals surface area contributed by atoms with Crippen LogP contribution in [-0.2, 0) is 9.53 Å².